The van der Waals surface area contributed by atoms with Gasteiger partial charge < -0.3 is 10.7 Å². The van der Waals surface area contributed by atoms with Crippen molar-refractivity contribution < 1.29 is 8.42 Å². The monoisotopic (exact) mass is 284 g/mol. The maximum Gasteiger partial charge on any atom is 0.257 e. The molecular weight excluding hydrogens is 268 g/mol. The van der Waals surface area contributed by atoms with E-state index < -0.39 is 10.0 Å². The first-order valence-electron chi connectivity index (χ1n) is 5.82. The van der Waals surface area contributed by atoms with Crippen molar-refractivity contribution in [3.05, 3.63) is 24.4 Å². The van der Waals surface area contributed by atoms with E-state index >= 15 is 0 Å². The van der Waals surface area contributed by atoms with E-state index in [0.717, 1.165) is 0 Å². The standard InChI is InChI=1S/C10H16N6O2S/c1-2-9-12-6-10(15-9)19(17,18)14-3-4-16-7-8(11)5-13-16/h5-7,14H,2-4,11H2,1H3,(H,12,15). The lowest BCUT2D eigenvalue weighted by Gasteiger charge is -2.04. The van der Waals surface area contributed by atoms with Gasteiger partial charge in [-0.1, -0.05) is 6.92 Å². The molecule has 19 heavy (non-hydrogen) atoms. The van der Waals surface area contributed by atoms with Crippen molar-refractivity contribution in [2.45, 2.75) is 24.9 Å². The van der Waals surface area contributed by atoms with E-state index in [0.29, 0.717) is 24.5 Å². The molecule has 104 valence electrons. The van der Waals surface area contributed by atoms with Crippen molar-refractivity contribution in [1.82, 2.24) is 24.5 Å². The van der Waals surface area contributed by atoms with Crippen LogP contribution in [0.3, 0.4) is 0 Å². The zero-order valence-corrected chi connectivity index (χ0v) is 11.3. The van der Waals surface area contributed by atoms with Gasteiger partial charge >= 0.3 is 0 Å². The third-order valence-corrected chi connectivity index (χ3v) is 3.89. The lowest BCUT2D eigenvalue weighted by atomic mass is 10.5. The molecule has 2 heterocycles. The number of hydrogen-bond acceptors (Lipinski definition) is 5. The van der Waals surface area contributed by atoms with Crippen LogP contribution in [0.2, 0.25) is 0 Å². The minimum Gasteiger partial charge on any atom is -0.396 e. The van der Waals surface area contributed by atoms with Gasteiger partial charge in [-0.2, -0.15) is 5.10 Å². The Morgan fingerprint density at radius 1 is 1.47 bits per heavy atom. The van der Waals surface area contributed by atoms with Gasteiger partial charge in [0.05, 0.1) is 24.6 Å². The maximum absolute atomic E-state index is 11.9. The lowest BCUT2D eigenvalue weighted by Crippen LogP contribution is -2.27. The maximum atomic E-state index is 11.9. The summed E-state index contributed by atoms with van der Waals surface area (Å²) in [7, 11) is -3.55. The molecule has 0 aromatic carbocycles. The third kappa shape index (κ3) is 3.32. The normalized spacial score (nSPS) is 11.8. The number of nitrogens with two attached hydrogens (primary N) is 1. The molecule has 0 radical (unpaired) electrons. The number of nitrogens with zero attached hydrogens (tertiary/aromatic N) is 3. The van der Waals surface area contributed by atoms with Crippen LogP contribution in [0.1, 0.15) is 12.7 Å². The van der Waals surface area contributed by atoms with E-state index in [-0.39, 0.29) is 11.6 Å². The molecule has 0 saturated heterocycles. The lowest BCUT2D eigenvalue weighted by molar-refractivity contribution is 0.558. The molecule has 4 N–H and O–H groups in total. The second-order valence-corrected chi connectivity index (χ2v) is 5.72. The average Bonchev–Trinajstić information content (AvgIpc) is 2.98. The summed E-state index contributed by atoms with van der Waals surface area (Å²) >= 11 is 0. The summed E-state index contributed by atoms with van der Waals surface area (Å²) in [5, 5.41) is 4.04. The Bertz CT molecular complexity index is 645. The van der Waals surface area contributed by atoms with Crippen LogP contribution in [0.5, 0.6) is 0 Å². The summed E-state index contributed by atoms with van der Waals surface area (Å²) in [4.78, 5) is 6.71. The van der Waals surface area contributed by atoms with Crippen LogP contribution in [0, 0.1) is 0 Å². The molecule has 0 aliphatic carbocycles. The smallest absolute Gasteiger partial charge is 0.257 e. The molecule has 0 amide bonds. The van der Waals surface area contributed by atoms with E-state index in [9.17, 15) is 8.42 Å². The number of hydrogen-bond donors (Lipinski definition) is 3. The predicted molar refractivity (Wildman–Crippen MR) is 69.8 cm³/mol. The first kappa shape index (κ1) is 13.6. The molecule has 8 nitrogen and oxygen atoms in total. The second-order valence-electron chi connectivity index (χ2n) is 3.98. The minimum atomic E-state index is -3.55. The van der Waals surface area contributed by atoms with Gasteiger partial charge in [-0.05, 0) is 0 Å². The molecule has 0 spiro atoms. The Balaban J connectivity index is 1.94. The fraction of sp³-hybridized carbons (Fsp3) is 0.400. The van der Waals surface area contributed by atoms with Crippen LogP contribution in [0.15, 0.2) is 23.6 Å². The largest absolute Gasteiger partial charge is 0.396 e. The van der Waals surface area contributed by atoms with Gasteiger partial charge in [-0.25, -0.2) is 18.1 Å². The van der Waals surface area contributed by atoms with Gasteiger partial charge in [0.1, 0.15) is 5.82 Å². The zero-order valence-electron chi connectivity index (χ0n) is 10.5. The number of nitrogen functional groups attached to an aromatic ring is 1. The van der Waals surface area contributed by atoms with E-state index in [1.54, 1.807) is 10.9 Å². The molecule has 2 aromatic rings. The number of sulfonamides is 1. The number of imidazole rings is 1. The number of nitrogens with one attached hydrogen (secondary N) is 2. The van der Waals surface area contributed by atoms with E-state index in [1.165, 1.54) is 12.4 Å². The van der Waals surface area contributed by atoms with E-state index in [2.05, 4.69) is 19.8 Å². The Morgan fingerprint density at radius 3 is 2.84 bits per heavy atom. The Morgan fingerprint density at radius 2 is 2.26 bits per heavy atom. The van der Waals surface area contributed by atoms with Gasteiger partial charge in [0, 0.05) is 19.2 Å². The van der Waals surface area contributed by atoms with Gasteiger partial charge in [0.25, 0.3) is 10.0 Å². The van der Waals surface area contributed by atoms with Crippen LogP contribution in [0.4, 0.5) is 5.69 Å². The number of H-pyrrole nitrogens is 1. The molecule has 0 aliphatic heterocycles. The first-order chi connectivity index (χ1) is 9.01. The third-order valence-electron chi connectivity index (χ3n) is 2.52. The second kappa shape index (κ2) is 5.41. The molecule has 0 atom stereocenters. The topological polar surface area (TPSA) is 119 Å². The summed E-state index contributed by atoms with van der Waals surface area (Å²) in [6.07, 6.45) is 5.12. The van der Waals surface area contributed by atoms with Crippen molar-refractivity contribution in [3.8, 4) is 0 Å². The highest BCUT2D eigenvalue weighted by Crippen LogP contribution is 2.05. The molecule has 2 aromatic heterocycles. The number of rotatable bonds is 6. The van der Waals surface area contributed by atoms with Gasteiger partial charge in [-0.15, -0.1) is 0 Å². The summed E-state index contributed by atoms with van der Waals surface area (Å²) in [6.45, 7) is 2.53. The quantitative estimate of drug-likeness (QED) is 0.674. The number of aromatic amines is 1. The van der Waals surface area contributed by atoms with Crippen LogP contribution >= 0.6 is 0 Å². The molecule has 0 saturated carbocycles. The van der Waals surface area contributed by atoms with Crippen molar-refractivity contribution in [1.29, 1.82) is 0 Å². The first-order valence-corrected chi connectivity index (χ1v) is 7.31. The molecular formula is C10H16N6O2S. The van der Waals surface area contributed by atoms with Crippen LogP contribution in [-0.2, 0) is 23.0 Å². The van der Waals surface area contributed by atoms with Crippen LogP contribution in [-0.4, -0.2) is 34.7 Å². The van der Waals surface area contributed by atoms with E-state index in [1.807, 2.05) is 6.92 Å². The molecule has 2 rings (SSSR count). The summed E-state index contributed by atoms with van der Waals surface area (Å²) in [5.74, 6) is 0.639. The fourth-order valence-corrected chi connectivity index (χ4v) is 2.49. The van der Waals surface area contributed by atoms with Crippen LogP contribution in [0.25, 0.3) is 0 Å². The van der Waals surface area contributed by atoms with Crippen molar-refractivity contribution in [2.24, 2.45) is 0 Å². The minimum absolute atomic E-state index is 0.0735. The molecule has 0 unspecified atom stereocenters. The number of aryl methyl sites for hydroxylation is 1. The van der Waals surface area contributed by atoms with Crippen LogP contribution < -0.4 is 10.5 Å². The summed E-state index contributed by atoms with van der Waals surface area (Å²) in [5.41, 5.74) is 6.06. The van der Waals surface area contributed by atoms with Crippen molar-refractivity contribution in [3.63, 3.8) is 0 Å². The van der Waals surface area contributed by atoms with E-state index in [4.69, 9.17) is 5.73 Å². The molecule has 0 fully saturated rings. The molecule has 9 heteroatoms. The highest BCUT2D eigenvalue weighted by molar-refractivity contribution is 7.89. The van der Waals surface area contributed by atoms with Crippen molar-refractivity contribution >= 4 is 15.7 Å². The Hall–Kier alpha value is -1.87. The summed E-state index contributed by atoms with van der Waals surface area (Å²) in [6, 6.07) is 0. The van der Waals surface area contributed by atoms with Gasteiger partial charge in [0.15, 0.2) is 5.03 Å². The van der Waals surface area contributed by atoms with Gasteiger partial charge in [0.2, 0.25) is 0 Å². The highest BCUT2D eigenvalue weighted by Gasteiger charge is 2.16. The fourth-order valence-electron chi connectivity index (χ4n) is 1.53. The Labute approximate surface area is 111 Å². The van der Waals surface area contributed by atoms with Crippen molar-refractivity contribution in [2.75, 3.05) is 12.3 Å². The summed E-state index contributed by atoms with van der Waals surface area (Å²) < 4.78 is 27.9. The average molecular weight is 284 g/mol. The number of anilines is 1. The highest BCUT2D eigenvalue weighted by atomic mass is 32.2. The molecule has 0 aliphatic rings. The number of aromatic nitrogens is 4. The Kier molecular flexibility index (Phi) is 3.86. The molecule has 0 bridgehead atoms. The predicted octanol–water partition coefficient (Wildman–Crippen LogP) is -0.271. The zero-order chi connectivity index (χ0) is 13.9. The van der Waals surface area contributed by atoms with Gasteiger partial charge in [-0.3, -0.25) is 4.68 Å². The SMILES string of the molecule is CCc1ncc(S(=O)(=O)NCCn2cc(N)cn2)[nH]1.